The van der Waals surface area contributed by atoms with Crippen molar-refractivity contribution in [2.75, 3.05) is 19.3 Å². The molecule has 9 heteroatoms. The molecule has 0 heterocycles. The van der Waals surface area contributed by atoms with Gasteiger partial charge in [-0.2, -0.15) is 5.26 Å². The maximum Gasteiger partial charge on any atom is 0.317 e. The predicted molar refractivity (Wildman–Crippen MR) is 87.2 cm³/mol. The number of amides is 1. The van der Waals surface area contributed by atoms with Gasteiger partial charge in [-0.25, -0.2) is 0 Å². The minimum atomic E-state index is -0.932. The molecule has 1 aromatic carbocycles. The van der Waals surface area contributed by atoms with Crippen LogP contribution >= 0.6 is 11.8 Å². The lowest BCUT2D eigenvalue weighted by atomic mass is 10.3. The van der Waals surface area contributed by atoms with Crippen LogP contribution < -0.4 is 0 Å². The molecule has 0 aliphatic heterocycles. The Labute approximate surface area is 143 Å². The molecule has 8 nitrogen and oxygen atoms in total. The second-order valence-electron chi connectivity index (χ2n) is 4.84. The normalized spacial score (nSPS) is 11.2. The molecule has 0 aliphatic rings. The maximum absolute atomic E-state index is 11.9. The van der Waals surface area contributed by atoms with Gasteiger partial charge in [0, 0.05) is 30.6 Å². The molecule has 24 heavy (non-hydrogen) atoms. The van der Waals surface area contributed by atoms with Crippen molar-refractivity contribution in [1.82, 2.24) is 4.90 Å². The van der Waals surface area contributed by atoms with E-state index in [1.54, 1.807) is 12.1 Å². The monoisotopic (exact) mass is 351 g/mol. The predicted octanol–water partition coefficient (Wildman–Crippen LogP) is 1.99. The summed E-state index contributed by atoms with van der Waals surface area (Å²) in [5, 5.41) is 19.0. The quantitative estimate of drug-likeness (QED) is 0.304. The molecule has 0 N–H and O–H groups in total. The Bertz CT molecular complexity index is 642. The van der Waals surface area contributed by atoms with Crippen LogP contribution in [0, 0.1) is 21.4 Å². The second-order valence-corrected chi connectivity index (χ2v) is 5.89. The van der Waals surface area contributed by atoms with E-state index in [1.807, 2.05) is 6.07 Å². The van der Waals surface area contributed by atoms with Gasteiger partial charge >= 0.3 is 5.97 Å². The van der Waals surface area contributed by atoms with Crippen molar-refractivity contribution in [2.45, 2.75) is 24.3 Å². The summed E-state index contributed by atoms with van der Waals surface area (Å²) < 4.78 is 5.05. The summed E-state index contributed by atoms with van der Waals surface area (Å²) in [6.07, 6.45) is -0.725. The Hall–Kier alpha value is -2.60. The summed E-state index contributed by atoms with van der Waals surface area (Å²) in [6.45, 7) is 1.74. The molecule has 1 aromatic rings. The number of benzene rings is 1. The number of nitro benzene ring substituents is 1. The number of rotatable bonds is 8. The molecule has 1 rings (SSSR count). The SMILES string of the molecule is C[C@@H](OC(=O)CSc1ccc([N+](=O)[O-])cc1)C(=O)N(C)CCC#N. The van der Waals surface area contributed by atoms with Crippen LogP contribution in [0.1, 0.15) is 13.3 Å². The fraction of sp³-hybridized carbons (Fsp3) is 0.400. The first-order chi connectivity index (χ1) is 11.3. The summed E-state index contributed by atoms with van der Waals surface area (Å²) in [6, 6.07) is 7.72. The summed E-state index contributed by atoms with van der Waals surface area (Å²) in [7, 11) is 1.54. The number of likely N-dealkylation sites (N-methyl/N-ethyl adjacent to an activating group) is 1. The fourth-order valence-corrected chi connectivity index (χ4v) is 2.41. The van der Waals surface area contributed by atoms with E-state index in [2.05, 4.69) is 0 Å². The molecule has 1 atom stereocenters. The van der Waals surface area contributed by atoms with Gasteiger partial charge in [-0.1, -0.05) is 0 Å². The van der Waals surface area contributed by atoms with Crippen LogP contribution in [0.15, 0.2) is 29.2 Å². The lowest BCUT2D eigenvalue weighted by Crippen LogP contribution is -2.38. The van der Waals surface area contributed by atoms with E-state index in [4.69, 9.17) is 10.00 Å². The molecule has 0 radical (unpaired) electrons. The Balaban J connectivity index is 2.44. The highest BCUT2D eigenvalue weighted by Crippen LogP contribution is 2.21. The van der Waals surface area contributed by atoms with Crippen LogP contribution in [-0.2, 0) is 14.3 Å². The van der Waals surface area contributed by atoms with E-state index >= 15 is 0 Å². The number of nitrogens with zero attached hydrogens (tertiary/aromatic N) is 3. The Morgan fingerprint density at radius 2 is 2.04 bits per heavy atom. The van der Waals surface area contributed by atoms with Gasteiger partial charge in [0.1, 0.15) is 0 Å². The van der Waals surface area contributed by atoms with E-state index in [1.165, 1.54) is 31.0 Å². The number of hydrogen-bond acceptors (Lipinski definition) is 7. The molecule has 128 valence electrons. The van der Waals surface area contributed by atoms with E-state index in [9.17, 15) is 19.7 Å². The minimum Gasteiger partial charge on any atom is -0.452 e. The molecule has 0 aromatic heterocycles. The standard InChI is InChI=1S/C15H17N3O5S/c1-11(15(20)17(2)9-3-8-16)23-14(19)10-24-13-6-4-12(5-7-13)18(21)22/h4-7,11H,3,9-10H2,1-2H3/t11-/m1/s1. The third-order valence-corrected chi connectivity index (χ3v) is 3.98. The Morgan fingerprint density at radius 3 is 2.58 bits per heavy atom. The lowest BCUT2D eigenvalue weighted by Gasteiger charge is -2.20. The smallest absolute Gasteiger partial charge is 0.317 e. The van der Waals surface area contributed by atoms with Crippen molar-refractivity contribution in [2.24, 2.45) is 0 Å². The van der Waals surface area contributed by atoms with Crippen molar-refractivity contribution < 1.29 is 19.2 Å². The molecule has 0 bridgehead atoms. The number of esters is 1. The highest BCUT2D eigenvalue weighted by molar-refractivity contribution is 8.00. The third kappa shape index (κ3) is 6.26. The first kappa shape index (κ1) is 19.4. The van der Waals surface area contributed by atoms with Gasteiger partial charge < -0.3 is 9.64 Å². The van der Waals surface area contributed by atoms with Crippen LogP contribution in [0.25, 0.3) is 0 Å². The molecule has 0 aliphatic carbocycles. The first-order valence-electron chi connectivity index (χ1n) is 7.03. The van der Waals surface area contributed by atoms with Gasteiger partial charge in [0.05, 0.1) is 23.2 Å². The Kier molecular flexibility index (Phi) is 7.71. The fourth-order valence-electron chi connectivity index (χ4n) is 1.73. The summed E-state index contributed by atoms with van der Waals surface area (Å²) in [5.41, 5.74) is -0.0263. The zero-order chi connectivity index (χ0) is 18.1. The van der Waals surface area contributed by atoms with Gasteiger partial charge in [-0.3, -0.25) is 19.7 Å². The van der Waals surface area contributed by atoms with Crippen molar-refractivity contribution in [3.05, 3.63) is 34.4 Å². The Morgan fingerprint density at radius 1 is 1.42 bits per heavy atom. The zero-order valence-electron chi connectivity index (χ0n) is 13.3. The molecular formula is C15H17N3O5S. The van der Waals surface area contributed by atoms with Crippen LogP contribution in [0.4, 0.5) is 5.69 Å². The van der Waals surface area contributed by atoms with Gasteiger partial charge in [0.15, 0.2) is 6.10 Å². The van der Waals surface area contributed by atoms with E-state index in [0.717, 1.165) is 11.8 Å². The van der Waals surface area contributed by atoms with Crippen LogP contribution in [0.5, 0.6) is 0 Å². The average molecular weight is 351 g/mol. The van der Waals surface area contributed by atoms with Crippen molar-refractivity contribution in [1.29, 1.82) is 5.26 Å². The highest BCUT2D eigenvalue weighted by atomic mass is 32.2. The van der Waals surface area contributed by atoms with Crippen molar-refractivity contribution in [3.63, 3.8) is 0 Å². The number of ether oxygens (including phenoxy) is 1. The molecule has 0 spiro atoms. The topological polar surface area (TPSA) is 114 Å². The third-order valence-electron chi connectivity index (χ3n) is 3.00. The van der Waals surface area contributed by atoms with Crippen LogP contribution in [0.3, 0.4) is 0 Å². The summed E-state index contributed by atoms with van der Waals surface area (Å²) >= 11 is 1.16. The first-order valence-corrected chi connectivity index (χ1v) is 8.02. The number of thioether (sulfide) groups is 1. The largest absolute Gasteiger partial charge is 0.452 e. The van der Waals surface area contributed by atoms with Gasteiger partial charge in [-0.05, 0) is 19.1 Å². The summed E-state index contributed by atoms with van der Waals surface area (Å²) in [4.78, 5) is 35.8. The number of hydrogen-bond donors (Lipinski definition) is 0. The number of nitriles is 1. The highest BCUT2D eigenvalue weighted by Gasteiger charge is 2.21. The van der Waals surface area contributed by atoms with E-state index < -0.39 is 17.0 Å². The number of carbonyl (C=O) groups excluding carboxylic acids is 2. The van der Waals surface area contributed by atoms with Crippen LogP contribution in [-0.4, -0.2) is 47.1 Å². The second kappa shape index (κ2) is 9.52. The minimum absolute atomic E-state index is 0.0165. The van der Waals surface area contributed by atoms with Gasteiger partial charge in [-0.15, -0.1) is 11.8 Å². The summed E-state index contributed by atoms with van der Waals surface area (Å²) in [5.74, 6) is -0.955. The number of carbonyl (C=O) groups is 2. The number of nitro groups is 1. The molecule has 0 saturated heterocycles. The van der Waals surface area contributed by atoms with Crippen molar-refractivity contribution in [3.8, 4) is 6.07 Å². The van der Waals surface area contributed by atoms with E-state index in [0.29, 0.717) is 4.90 Å². The molecule has 1 amide bonds. The molecular weight excluding hydrogens is 334 g/mol. The maximum atomic E-state index is 11.9. The number of non-ortho nitro benzene ring substituents is 1. The average Bonchev–Trinajstić information content (AvgIpc) is 2.57. The van der Waals surface area contributed by atoms with Gasteiger partial charge in [0.2, 0.25) is 0 Å². The van der Waals surface area contributed by atoms with Crippen molar-refractivity contribution >= 4 is 29.3 Å². The zero-order valence-corrected chi connectivity index (χ0v) is 14.1. The lowest BCUT2D eigenvalue weighted by molar-refractivity contribution is -0.384. The van der Waals surface area contributed by atoms with Crippen LogP contribution in [0.2, 0.25) is 0 Å². The molecule has 0 fully saturated rings. The molecule has 0 saturated carbocycles. The molecule has 0 unspecified atom stereocenters. The van der Waals surface area contributed by atoms with E-state index in [-0.39, 0.29) is 30.3 Å². The van der Waals surface area contributed by atoms with Gasteiger partial charge in [0.25, 0.3) is 11.6 Å².